The predicted molar refractivity (Wildman–Crippen MR) is 26.0 cm³/mol. The van der Waals surface area contributed by atoms with Crippen LogP contribution in [0.4, 0.5) is 3.89 Å². The Hall–Kier alpha value is -0.210. The molecule has 0 radical (unpaired) electrons. The van der Waals surface area contributed by atoms with Crippen molar-refractivity contribution in [2.24, 2.45) is 0 Å². The fourth-order valence-electron chi connectivity index (χ4n) is 0.148. The van der Waals surface area contributed by atoms with Crippen LogP contribution in [0.15, 0.2) is 0 Å². The molecule has 0 aromatic rings. The molecule has 0 N–H and O–H groups in total. The van der Waals surface area contributed by atoms with Crippen LogP contribution in [0.25, 0.3) is 0 Å². The maximum atomic E-state index is 11.3. The first-order valence-electron chi connectivity index (χ1n) is 1.56. The fraction of sp³-hybridized carbons (Fsp3) is 1.00. The molecule has 0 aromatic carbocycles. The van der Waals surface area contributed by atoms with E-state index < -0.39 is 20.6 Å². The topological polar surface area (TPSA) is 77.5 Å². The highest BCUT2D eigenvalue weighted by molar-refractivity contribution is 7.97. The third kappa shape index (κ3) is 7.79. The lowest BCUT2D eigenvalue weighted by molar-refractivity contribution is 0.432. The lowest BCUT2D eigenvalue weighted by Gasteiger charge is -1.89. The Balaban J connectivity index is 4.46. The summed E-state index contributed by atoms with van der Waals surface area (Å²) in [6, 6.07) is 0. The summed E-state index contributed by atoms with van der Waals surface area (Å²) in [5.74, 6) is 0. The Morgan fingerprint density at radius 2 is 1.56 bits per heavy atom. The number of hydrogen-bond donors (Lipinski definition) is 0. The highest BCUT2D eigenvalue weighted by atomic mass is 32.3. The largest absolute Gasteiger partial charge is 0.452 e. The molecule has 0 bridgehead atoms. The maximum Gasteiger partial charge on any atom is 0.452 e. The standard InChI is InChI=1S/CH3FO5S2/c1-8(3,4)7-9(2,5)6/h1H3. The van der Waals surface area contributed by atoms with E-state index in [2.05, 4.69) is 3.63 Å². The zero-order valence-corrected chi connectivity index (χ0v) is 5.87. The minimum Gasteiger partial charge on any atom is -0.199 e. The number of halogens is 1. The molecule has 0 rings (SSSR count). The molecule has 56 valence electrons. The molecule has 0 saturated heterocycles. The smallest absolute Gasteiger partial charge is 0.199 e. The van der Waals surface area contributed by atoms with E-state index in [1.165, 1.54) is 0 Å². The second-order valence-corrected chi connectivity index (χ2v) is 3.90. The van der Waals surface area contributed by atoms with Gasteiger partial charge in [-0.15, -0.1) is 3.63 Å². The average Bonchev–Trinajstić information content (AvgIpc) is 1.14. The van der Waals surface area contributed by atoms with Gasteiger partial charge in [-0.2, -0.15) is 16.8 Å². The highest BCUT2D eigenvalue weighted by Crippen LogP contribution is 1.98. The van der Waals surface area contributed by atoms with Crippen molar-refractivity contribution in [3.05, 3.63) is 0 Å². The molecule has 9 heavy (non-hydrogen) atoms. The lowest BCUT2D eigenvalue weighted by Crippen LogP contribution is -2.06. The van der Waals surface area contributed by atoms with E-state index >= 15 is 0 Å². The van der Waals surface area contributed by atoms with Crippen LogP contribution in [0.5, 0.6) is 0 Å². The Morgan fingerprint density at radius 3 is 1.56 bits per heavy atom. The molecule has 0 unspecified atom stereocenters. The lowest BCUT2D eigenvalue weighted by atomic mass is 12.0. The Morgan fingerprint density at radius 1 is 1.22 bits per heavy atom. The summed E-state index contributed by atoms with van der Waals surface area (Å²) in [4.78, 5) is 0. The molecule has 0 heterocycles. The van der Waals surface area contributed by atoms with Gasteiger partial charge in [0, 0.05) is 0 Å². The minimum atomic E-state index is -5.37. The molecule has 0 aliphatic rings. The minimum absolute atomic E-state index is 0.421. The Bertz CT molecular complexity index is 240. The third-order valence-corrected chi connectivity index (χ3v) is 1.84. The van der Waals surface area contributed by atoms with Gasteiger partial charge in [0.05, 0.1) is 6.26 Å². The van der Waals surface area contributed by atoms with Gasteiger partial charge in [-0.25, -0.2) is 0 Å². The maximum absolute atomic E-state index is 11.3. The van der Waals surface area contributed by atoms with E-state index in [0.29, 0.717) is 6.26 Å². The van der Waals surface area contributed by atoms with Crippen LogP contribution in [0.1, 0.15) is 0 Å². The number of hydrogen-bond acceptors (Lipinski definition) is 5. The molecule has 0 aromatic heterocycles. The van der Waals surface area contributed by atoms with Gasteiger partial charge in [0.1, 0.15) is 0 Å². The van der Waals surface area contributed by atoms with E-state index in [9.17, 15) is 20.7 Å². The molecular formula is CH3FO5S2. The fourth-order valence-corrected chi connectivity index (χ4v) is 1.33. The van der Waals surface area contributed by atoms with Gasteiger partial charge in [0.15, 0.2) is 0 Å². The van der Waals surface area contributed by atoms with E-state index in [0.717, 1.165) is 0 Å². The zero-order chi connectivity index (χ0) is 7.71. The van der Waals surface area contributed by atoms with E-state index in [4.69, 9.17) is 0 Å². The van der Waals surface area contributed by atoms with Gasteiger partial charge in [0.2, 0.25) is 0 Å². The van der Waals surface area contributed by atoms with Gasteiger partial charge in [-0.05, 0) is 0 Å². The molecular weight excluding hydrogens is 175 g/mol. The van der Waals surface area contributed by atoms with Crippen LogP contribution in [0.2, 0.25) is 0 Å². The van der Waals surface area contributed by atoms with Crippen molar-refractivity contribution in [2.45, 2.75) is 0 Å². The number of rotatable bonds is 2. The molecule has 0 aliphatic carbocycles. The van der Waals surface area contributed by atoms with Gasteiger partial charge >= 0.3 is 10.5 Å². The van der Waals surface area contributed by atoms with Crippen LogP contribution in [-0.2, 0) is 24.3 Å². The first kappa shape index (κ1) is 8.79. The molecule has 0 saturated carbocycles. The molecule has 8 heteroatoms. The summed E-state index contributed by atoms with van der Waals surface area (Å²) in [5, 5.41) is 0. The Labute approximate surface area is 52.0 Å². The first-order valence-corrected chi connectivity index (χ1v) is 4.69. The molecule has 0 aliphatic heterocycles. The van der Waals surface area contributed by atoms with Crippen LogP contribution < -0.4 is 0 Å². The summed E-state index contributed by atoms with van der Waals surface area (Å²) in [6.07, 6.45) is 0.421. The molecule has 0 atom stereocenters. The first-order chi connectivity index (χ1) is 3.71. The SMILES string of the molecule is CS(=O)(=O)OS(=O)(=O)F. The summed E-state index contributed by atoms with van der Waals surface area (Å²) in [6.45, 7) is 0. The normalized spacial score (nSPS) is 13.6. The van der Waals surface area contributed by atoms with Crippen LogP contribution in [0, 0.1) is 0 Å². The van der Waals surface area contributed by atoms with Gasteiger partial charge in [0.25, 0.3) is 10.1 Å². The summed E-state index contributed by atoms with van der Waals surface area (Å²) in [5.41, 5.74) is 0. The van der Waals surface area contributed by atoms with Crippen molar-refractivity contribution in [2.75, 3.05) is 6.26 Å². The quantitative estimate of drug-likeness (QED) is 0.516. The molecule has 0 amide bonds. The van der Waals surface area contributed by atoms with Crippen molar-refractivity contribution < 1.29 is 24.4 Å². The summed E-state index contributed by atoms with van der Waals surface area (Å²) < 4.78 is 52.5. The zero-order valence-electron chi connectivity index (χ0n) is 4.24. The van der Waals surface area contributed by atoms with Crippen molar-refractivity contribution >= 4 is 20.6 Å². The predicted octanol–water partition coefficient (Wildman–Crippen LogP) is -0.823. The third-order valence-electron chi connectivity index (χ3n) is 0.205. The van der Waals surface area contributed by atoms with Gasteiger partial charge < -0.3 is 0 Å². The summed E-state index contributed by atoms with van der Waals surface area (Å²) in [7, 11) is -9.61. The van der Waals surface area contributed by atoms with Gasteiger partial charge in [-0.1, -0.05) is 3.89 Å². The average molecular weight is 178 g/mol. The monoisotopic (exact) mass is 178 g/mol. The molecule has 5 nitrogen and oxygen atoms in total. The van der Waals surface area contributed by atoms with Crippen molar-refractivity contribution in [1.29, 1.82) is 0 Å². The second kappa shape index (κ2) is 2.20. The molecule has 0 fully saturated rings. The highest BCUT2D eigenvalue weighted by Gasteiger charge is 2.15. The van der Waals surface area contributed by atoms with Crippen LogP contribution in [-0.4, -0.2) is 23.1 Å². The van der Waals surface area contributed by atoms with E-state index in [-0.39, 0.29) is 0 Å². The van der Waals surface area contributed by atoms with Gasteiger partial charge in [-0.3, -0.25) is 0 Å². The Kier molecular flexibility index (Phi) is 2.14. The molecule has 0 spiro atoms. The van der Waals surface area contributed by atoms with Crippen molar-refractivity contribution in [3.63, 3.8) is 0 Å². The second-order valence-electron chi connectivity index (χ2n) is 1.17. The van der Waals surface area contributed by atoms with Crippen molar-refractivity contribution in [1.82, 2.24) is 0 Å². The van der Waals surface area contributed by atoms with Crippen LogP contribution in [0.3, 0.4) is 0 Å². The van der Waals surface area contributed by atoms with Crippen molar-refractivity contribution in [3.8, 4) is 0 Å². The summed E-state index contributed by atoms with van der Waals surface area (Å²) >= 11 is 0. The van der Waals surface area contributed by atoms with E-state index in [1.54, 1.807) is 0 Å². The van der Waals surface area contributed by atoms with E-state index in [1.807, 2.05) is 0 Å². The van der Waals surface area contributed by atoms with Crippen LogP contribution >= 0.6 is 0 Å².